The zero-order valence-corrected chi connectivity index (χ0v) is 10.9. The van der Waals surface area contributed by atoms with Crippen molar-refractivity contribution in [2.24, 2.45) is 0 Å². The van der Waals surface area contributed by atoms with E-state index in [1.807, 2.05) is 12.1 Å². The Labute approximate surface area is 115 Å². The molecule has 1 atom stereocenters. The van der Waals surface area contributed by atoms with Crippen molar-refractivity contribution in [1.82, 2.24) is 0 Å². The zero-order chi connectivity index (χ0) is 13.8. The Morgan fingerprint density at radius 2 is 1.68 bits per heavy atom. The molecule has 0 spiro atoms. The molecular weight excluding hydrogens is 270 g/mol. The molecule has 1 nitrogen and oxygen atoms in total. The fourth-order valence-electron chi connectivity index (χ4n) is 1.97. The first-order chi connectivity index (χ1) is 9.10. The van der Waals surface area contributed by atoms with Crippen LogP contribution in [0.4, 0.5) is 8.78 Å². The average Bonchev–Trinajstić information content (AvgIpc) is 2.41. The fourth-order valence-corrected chi connectivity index (χ4v) is 2.10. The second-order valence-corrected chi connectivity index (χ2v) is 4.82. The van der Waals surface area contributed by atoms with Gasteiger partial charge < -0.3 is 5.11 Å². The summed E-state index contributed by atoms with van der Waals surface area (Å²) < 4.78 is 26.0. The summed E-state index contributed by atoms with van der Waals surface area (Å²) in [5, 5.41) is 10.1. The number of hydrogen-bond donors (Lipinski definition) is 1. The summed E-state index contributed by atoms with van der Waals surface area (Å²) in [6.45, 7) is -0.0688. The third-order valence-electron chi connectivity index (χ3n) is 3.03. The van der Waals surface area contributed by atoms with E-state index in [4.69, 9.17) is 11.6 Å². The van der Waals surface area contributed by atoms with Gasteiger partial charge in [-0.3, -0.25) is 0 Å². The van der Waals surface area contributed by atoms with Crippen LogP contribution >= 0.6 is 11.6 Å². The lowest BCUT2D eigenvalue weighted by atomic mass is 9.93. The van der Waals surface area contributed by atoms with E-state index < -0.39 is 11.6 Å². The van der Waals surface area contributed by atoms with Crippen LogP contribution < -0.4 is 0 Å². The molecule has 0 aliphatic rings. The molecule has 0 heterocycles. The molecule has 0 saturated carbocycles. The predicted molar refractivity (Wildman–Crippen MR) is 71.3 cm³/mol. The van der Waals surface area contributed by atoms with Crippen molar-refractivity contribution in [3.8, 4) is 0 Å². The van der Waals surface area contributed by atoms with E-state index in [1.165, 1.54) is 6.07 Å². The number of aliphatic hydroxyl groups excluding tert-OH is 1. The maximum atomic E-state index is 13.1. The van der Waals surface area contributed by atoms with Gasteiger partial charge in [0.25, 0.3) is 0 Å². The maximum Gasteiger partial charge on any atom is 0.159 e. The van der Waals surface area contributed by atoms with E-state index in [1.54, 1.807) is 12.1 Å². The Morgan fingerprint density at radius 1 is 1.00 bits per heavy atom. The summed E-state index contributed by atoms with van der Waals surface area (Å²) in [5.41, 5.74) is 1.56. The van der Waals surface area contributed by atoms with Crippen LogP contribution in [0.3, 0.4) is 0 Å². The molecule has 0 radical (unpaired) electrons. The highest BCUT2D eigenvalue weighted by Crippen LogP contribution is 2.23. The first-order valence-corrected chi connectivity index (χ1v) is 6.28. The van der Waals surface area contributed by atoms with Crippen LogP contribution in [0.25, 0.3) is 0 Å². The second kappa shape index (κ2) is 6.13. The number of aliphatic hydroxyl groups is 1. The van der Waals surface area contributed by atoms with Crippen molar-refractivity contribution >= 4 is 11.6 Å². The molecule has 0 aromatic heterocycles. The minimum atomic E-state index is -0.870. The normalized spacial score (nSPS) is 12.4. The largest absolute Gasteiger partial charge is 0.396 e. The van der Waals surface area contributed by atoms with Gasteiger partial charge in [0.15, 0.2) is 11.6 Å². The van der Waals surface area contributed by atoms with E-state index in [2.05, 4.69) is 0 Å². The summed E-state index contributed by atoms with van der Waals surface area (Å²) in [5.74, 6) is -1.90. The first-order valence-electron chi connectivity index (χ1n) is 5.90. The second-order valence-electron chi connectivity index (χ2n) is 4.38. The van der Waals surface area contributed by atoms with Crippen molar-refractivity contribution in [3.05, 3.63) is 70.2 Å². The van der Waals surface area contributed by atoms with Gasteiger partial charge in [-0.2, -0.15) is 0 Å². The molecule has 1 N–H and O–H groups in total. The molecule has 2 aromatic rings. The molecule has 0 aliphatic heterocycles. The van der Waals surface area contributed by atoms with Gasteiger partial charge >= 0.3 is 0 Å². The Morgan fingerprint density at radius 3 is 2.26 bits per heavy atom. The van der Waals surface area contributed by atoms with Gasteiger partial charge in [-0.15, -0.1) is 0 Å². The SMILES string of the molecule is OCC(Cc1ccc(F)c(F)c1)c1ccc(Cl)cc1. The van der Waals surface area contributed by atoms with E-state index in [9.17, 15) is 13.9 Å². The molecule has 0 fully saturated rings. The van der Waals surface area contributed by atoms with Gasteiger partial charge in [-0.05, 0) is 41.8 Å². The topological polar surface area (TPSA) is 20.2 Å². The van der Waals surface area contributed by atoms with Crippen LogP contribution in [-0.4, -0.2) is 11.7 Å². The van der Waals surface area contributed by atoms with E-state index in [-0.39, 0.29) is 12.5 Å². The highest BCUT2D eigenvalue weighted by atomic mass is 35.5. The molecule has 100 valence electrons. The number of rotatable bonds is 4. The number of halogens is 3. The van der Waals surface area contributed by atoms with Gasteiger partial charge in [-0.25, -0.2) is 8.78 Å². The number of hydrogen-bond acceptors (Lipinski definition) is 1. The Kier molecular flexibility index (Phi) is 4.51. The third kappa shape index (κ3) is 3.52. The van der Waals surface area contributed by atoms with Gasteiger partial charge in [-0.1, -0.05) is 29.8 Å². The molecule has 19 heavy (non-hydrogen) atoms. The zero-order valence-electron chi connectivity index (χ0n) is 10.1. The summed E-state index contributed by atoms with van der Waals surface area (Å²) in [4.78, 5) is 0. The molecule has 1 unspecified atom stereocenters. The van der Waals surface area contributed by atoms with Crippen molar-refractivity contribution in [2.75, 3.05) is 6.61 Å². The van der Waals surface area contributed by atoms with Crippen LogP contribution in [0.5, 0.6) is 0 Å². The van der Waals surface area contributed by atoms with Crippen LogP contribution in [0.15, 0.2) is 42.5 Å². The Balaban J connectivity index is 2.18. The molecule has 0 amide bonds. The van der Waals surface area contributed by atoms with E-state index >= 15 is 0 Å². The maximum absolute atomic E-state index is 13.1. The van der Waals surface area contributed by atoms with Gasteiger partial charge in [0.2, 0.25) is 0 Å². The van der Waals surface area contributed by atoms with Gasteiger partial charge in [0.1, 0.15) is 0 Å². The van der Waals surface area contributed by atoms with Crippen LogP contribution in [-0.2, 0) is 6.42 Å². The predicted octanol–water partition coefficient (Wildman–Crippen LogP) is 3.94. The highest BCUT2D eigenvalue weighted by molar-refractivity contribution is 6.30. The first kappa shape index (κ1) is 14.0. The lowest BCUT2D eigenvalue weighted by Gasteiger charge is -2.15. The third-order valence-corrected chi connectivity index (χ3v) is 3.28. The van der Waals surface area contributed by atoms with Crippen molar-refractivity contribution in [2.45, 2.75) is 12.3 Å². The van der Waals surface area contributed by atoms with Crippen molar-refractivity contribution in [3.63, 3.8) is 0 Å². The van der Waals surface area contributed by atoms with Crippen molar-refractivity contribution in [1.29, 1.82) is 0 Å². The standard InChI is InChI=1S/C15H13ClF2O/c16-13-4-2-11(3-5-13)12(9-19)7-10-1-6-14(17)15(18)8-10/h1-6,8,12,19H,7,9H2. The van der Waals surface area contributed by atoms with Gasteiger partial charge in [0, 0.05) is 10.9 Å². The fraction of sp³-hybridized carbons (Fsp3) is 0.200. The van der Waals surface area contributed by atoms with Crippen LogP contribution in [0.1, 0.15) is 17.0 Å². The molecule has 2 rings (SSSR count). The van der Waals surface area contributed by atoms with Gasteiger partial charge in [0.05, 0.1) is 6.61 Å². The quantitative estimate of drug-likeness (QED) is 0.901. The molecular formula is C15H13ClF2O. The molecule has 0 saturated heterocycles. The monoisotopic (exact) mass is 282 g/mol. The lowest BCUT2D eigenvalue weighted by Crippen LogP contribution is -2.08. The molecule has 2 aromatic carbocycles. The Hall–Kier alpha value is -1.45. The Bertz CT molecular complexity index is 555. The minimum absolute atomic E-state index is 0.0688. The molecule has 0 bridgehead atoms. The lowest BCUT2D eigenvalue weighted by molar-refractivity contribution is 0.264. The van der Waals surface area contributed by atoms with E-state index in [0.29, 0.717) is 17.0 Å². The summed E-state index contributed by atoms with van der Waals surface area (Å²) >= 11 is 5.80. The molecule has 0 aliphatic carbocycles. The van der Waals surface area contributed by atoms with Crippen LogP contribution in [0.2, 0.25) is 5.02 Å². The minimum Gasteiger partial charge on any atom is -0.396 e. The smallest absolute Gasteiger partial charge is 0.159 e. The van der Waals surface area contributed by atoms with Crippen molar-refractivity contribution < 1.29 is 13.9 Å². The summed E-state index contributed by atoms with van der Waals surface area (Å²) in [6.07, 6.45) is 0.440. The average molecular weight is 283 g/mol. The number of benzene rings is 2. The molecule has 4 heteroatoms. The van der Waals surface area contributed by atoms with Crippen LogP contribution in [0, 0.1) is 11.6 Å². The summed E-state index contributed by atoms with van der Waals surface area (Å²) in [7, 11) is 0. The van der Waals surface area contributed by atoms with E-state index in [0.717, 1.165) is 17.7 Å². The highest BCUT2D eigenvalue weighted by Gasteiger charge is 2.12. The summed E-state index contributed by atoms with van der Waals surface area (Å²) in [6, 6.07) is 10.9.